The van der Waals surface area contributed by atoms with Gasteiger partial charge in [0.25, 0.3) is 5.91 Å². The third-order valence-electron chi connectivity index (χ3n) is 9.82. The molecule has 1 aliphatic heterocycles. The molecule has 0 aromatic heterocycles. The Bertz CT molecular complexity index is 1190. The fourth-order valence-corrected chi connectivity index (χ4v) is 11.2. The number of rotatable bonds is 6. The molecule has 0 spiro atoms. The van der Waals surface area contributed by atoms with Crippen LogP contribution in [0.5, 0.6) is 0 Å². The van der Waals surface area contributed by atoms with E-state index < -0.39 is 16.0 Å². The lowest BCUT2D eigenvalue weighted by Gasteiger charge is -2.56. The number of carbonyl (C=O) groups is 2. The number of ether oxygens (including phenoxy) is 1. The molecule has 5 saturated carbocycles. The average Bonchev–Trinajstić information content (AvgIpc) is 3.05. The summed E-state index contributed by atoms with van der Waals surface area (Å²) >= 11 is 0. The van der Waals surface area contributed by atoms with Gasteiger partial charge in [-0.05, 0) is 105 Å². The monoisotopic (exact) mass is 528 g/mol. The molecule has 2 atom stereocenters. The number of nitrogens with zero attached hydrogens (tertiary/aromatic N) is 1. The van der Waals surface area contributed by atoms with Gasteiger partial charge in [-0.3, -0.25) is 4.79 Å². The summed E-state index contributed by atoms with van der Waals surface area (Å²) in [6.45, 7) is 6.76. The fraction of sp³-hybridized carbons (Fsp3) is 0.724. The van der Waals surface area contributed by atoms with Crippen LogP contribution in [0.3, 0.4) is 0 Å². The van der Waals surface area contributed by atoms with Crippen LogP contribution in [0.4, 0.5) is 0 Å². The predicted octanol–water partition coefficient (Wildman–Crippen LogP) is 4.52. The molecule has 8 heteroatoms. The number of sulfonamides is 1. The van der Waals surface area contributed by atoms with Crippen molar-refractivity contribution in [1.29, 1.82) is 0 Å². The second kappa shape index (κ2) is 8.54. The molecule has 1 aromatic rings. The highest BCUT2D eigenvalue weighted by Gasteiger charge is 2.53. The summed E-state index contributed by atoms with van der Waals surface area (Å²) in [6.07, 6.45) is 9.68. The zero-order valence-corrected chi connectivity index (χ0v) is 23.1. The van der Waals surface area contributed by atoms with E-state index in [4.69, 9.17) is 4.74 Å². The van der Waals surface area contributed by atoms with E-state index in [2.05, 4.69) is 26.1 Å². The van der Waals surface area contributed by atoms with Gasteiger partial charge >= 0.3 is 5.97 Å². The Hall–Kier alpha value is -1.93. The molecule has 0 radical (unpaired) electrons. The zero-order chi connectivity index (χ0) is 26.2. The van der Waals surface area contributed by atoms with Crippen molar-refractivity contribution in [2.24, 2.45) is 28.6 Å². The molecule has 1 amide bonds. The topological polar surface area (TPSA) is 92.8 Å². The van der Waals surface area contributed by atoms with Crippen LogP contribution in [0.25, 0.3) is 0 Å². The molecule has 1 heterocycles. The molecule has 6 bridgehead atoms. The van der Waals surface area contributed by atoms with Crippen LogP contribution < -0.4 is 5.32 Å². The first kappa shape index (κ1) is 25.4. The van der Waals surface area contributed by atoms with Crippen molar-refractivity contribution in [2.45, 2.75) is 95.0 Å². The molecular weight excluding hydrogens is 488 g/mol. The molecular formula is C29H40N2O5S. The van der Waals surface area contributed by atoms with Crippen molar-refractivity contribution in [2.75, 3.05) is 13.2 Å². The van der Waals surface area contributed by atoms with Crippen LogP contribution in [0.1, 0.15) is 88.9 Å². The van der Waals surface area contributed by atoms with E-state index in [1.54, 1.807) is 22.5 Å². The summed E-state index contributed by atoms with van der Waals surface area (Å²) in [6, 6.07) is 6.03. The maximum atomic E-state index is 13.6. The van der Waals surface area contributed by atoms with Gasteiger partial charge in [-0.2, -0.15) is 4.31 Å². The Morgan fingerprint density at radius 1 is 1.00 bits per heavy atom. The number of nitrogens with one attached hydrogen (secondary N) is 1. The third kappa shape index (κ3) is 4.73. The number of hydrogen-bond acceptors (Lipinski definition) is 5. The van der Waals surface area contributed by atoms with Crippen molar-refractivity contribution >= 4 is 21.9 Å². The quantitative estimate of drug-likeness (QED) is 0.548. The van der Waals surface area contributed by atoms with Gasteiger partial charge in [0.05, 0.1) is 10.5 Å². The number of fused-ring (bicyclic) bond motifs is 2. The van der Waals surface area contributed by atoms with Crippen LogP contribution in [-0.4, -0.2) is 49.3 Å². The number of benzene rings is 1. The van der Waals surface area contributed by atoms with Crippen LogP contribution in [0.2, 0.25) is 0 Å². The molecule has 7 rings (SSSR count). The number of carbonyl (C=O) groups excluding carboxylic acids is 2. The molecule has 6 aliphatic rings. The minimum atomic E-state index is -3.75. The summed E-state index contributed by atoms with van der Waals surface area (Å²) in [4.78, 5) is 25.7. The van der Waals surface area contributed by atoms with E-state index in [1.807, 2.05) is 0 Å². The van der Waals surface area contributed by atoms with Crippen LogP contribution >= 0.6 is 0 Å². The Morgan fingerprint density at radius 2 is 1.65 bits per heavy atom. The second-order valence-electron chi connectivity index (χ2n) is 14.1. The van der Waals surface area contributed by atoms with E-state index in [9.17, 15) is 18.0 Å². The van der Waals surface area contributed by atoms with E-state index in [0.717, 1.165) is 38.5 Å². The van der Waals surface area contributed by atoms with Gasteiger partial charge in [0.1, 0.15) is 0 Å². The Kier molecular flexibility index (Phi) is 5.85. The van der Waals surface area contributed by atoms with Crippen molar-refractivity contribution in [3.8, 4) is 0 Å². The molecule has 37 heavy (non-hydrogen) atoms. The lowest BCUT2D eigenvalue weighted by atomic mass is 9.53. The number of hydrogen-bond donors (Lipinski definition) is 1. The van der Waals surface area contributed by atoms with Gasteiger partial charge < -0.3 is 10.1 Å². The van der Waals surface area contributed by atoms with Gasteiger partial charge in [-0.1, -0.05) is 26.8 Å². The zero-order valence-electron chi connectivity index (χ0n) is 22.3. The molecule has 1 aromatic carbocycles. The Morgan fingerprint density at radius 3 is 2.30 bits per heavy atom. The first-order chi connectivity index (χ1) is 17.3. The predicted molar refractivity (Wildman–Crippen MR) is 139 cm³/mol. The highest BCUT2D eigenvalue weighted by atomic mass is 32.2. The fourth-order valence-electron chi connectivity index (χ4n) is 9.42. The summed E-state index contributed by atoms with van der Waals surface area (Å²) in [7, 11) is -3.75. The lowest BCUT2D eigenvalue weighted by Crippen LogP contribution is -2.60. The van der Waals surface area contributed by atoms with Crippen LogP contribution in [0.15, 0.2) is 29.2 Å². The van der Waals surface area contributed by atoms with Gasteiger partial charge in [0, 0.05) is 18.1 Å². The molecule has 0 unspecified atom stereocenters. The van der Waals surface area contributed by atoms with E-state index >= 15 is 0 Å². The first-order valence-electron chi connectivity index (χ1n) is 13.9. The summed E-state index contributed by atoms with van der Waals surface area (Å²) < 4.78 is 34.3. The summed E-state index contributed by atoms with van der Waals surface area (Å²) in [5, 5.41) is 3.22. The normalized spacial score (nSPS) is 37.9. The lowest BCUT2D eigenvalue weighted by molar-refractivity contribution is -0.130. The first-order valence-corrected chi connectivity index (χ1v) is 15.4. The van der Waals surface area contributed by atoms with Gasteiger partial charge in [-0.15, -0.1) is 0 Å². The van der Waals surface area contributed by atoms with Crippen LogP contribution in [-0.2, 0) is 19.6 Å². The molecule has 1 saturated heterocycles. The standard InChI is InChI=1S/C29H40N2O5S/c1-27(2)14-23-15-28(3,17-27)18-31(23)37(34,35)24-6-4-5-22(10-24)26(33)36-16-25(32)30-29-11-19-7-20(12-29)9-21(8-19)13-29/h4-6,10,19-21,23H,7-9,11-18H2,1-3H3,(H,30,32)/t19?,20?,21?,23-,28-,29?/m1/s1. The summed E-state index contributed by atoms with van der Waals surface area (Å²) in [5.41, 5.74) is 0.0905. The third-order valence-corrected chi connectivity index (χ3v) is 11.7. The van der Waals surface area contributed by atoms with E-state index in [-0.39, 0.29) is 45.4 Å². The smallest absolute Gasteiger partial charge is 0.338 e. The maximum Gasteiger partial charge on any atom is 0.338 e. The molecule has 5 aliphatic carbocycles. The van der Waals surface area contributed by atoms with Gasteiger partial charge in [-0.25, -0.2) is 13.2 Å². The van der Waals surface area contributed by atoms with Crippen molar-refractivity contribution in [3.63, 3.8) is 0 Å². The molecule has 1 N–H and O–H groups in total. The Balaban J connectivity index is 1.10. The molecule has 6 fully saturated rings. The molecule has 7 nitrogen and oxygen atoms in total. The Labute approximate surface area is 220 Å². The van der Waals surface area contributed by atoms with Crippen molar-refractivity contribution < 1.29 is 22.7 Å². The highest BCUT2D eigenvalue weighted by Crippen LogP contribution is 2.56. The summed E-state index contributed by atoms with van der Waals surface area (Å²) in [5.74, 6) is 1.19. The maximum absolute atomic E-state index is 13.6. The van der Waals surface area contributed by atoms with Crippen molar-refractivity contribution in [1.82, 2.24) is 9.62 Å². The van der Waals surface area contributed by atoms with E-state index in [0.29, 0.717) is 24.3 Å². The number of amides is 1. The largest absolute Gasteiger partial charge is 0.452 e. The van der Waals surface area contributed by atoms with Crippen molar-refractivity contribution in [3.05, 3.63) is 29.8 Å². The van der Waals surface area contributed by atoms with E-state index in [1.165, 1.54) is 25.3 Å². The van der Waals surface area contributed by atoms with Gasteiger partial charge in [0.2, 0.25) is 10.0 Å². The minimum absolute atomic E-state index is 0.0253. The highest BCUT2D eigenvalue weighted by molar-refractivity contribution is 7.89. The second-order valence-corrected chi connectivity index (χ2v) is 16.0. The minimum Gasteiger partial charge on any atom is -0.452 e. The van der Waals surface area contributed by atoms with Crippen LogP contribution in [0, 0.1) is 28.6 Å². The average molecular weight is 529 g/mol. The number of esters is 1. The SMILES string of the molecule is CC1(C)C[C@@H]2C[C@@](C)(CN2S(=O)(=O)c2cccc(C(=O)OCC(=O)NC34CC5CC(CC(C5)C3)C4)c2)C1. The van der Waals surface area contributed by atoms with Gasteiger partial charge in [0.15, 0.2) is 6.61 Å². The molecule has 202 valence electrons.